The molecule has 0 radical (unpaired) electrons. The van der Waals surface area contributed by atoms with Gasteiger partial charge >= 0.3 is 5.97 Å². The molecule has 0 aliphatic carbocycles. The molecule has 3 heteroatoms. The van der Waals surface area contributed by atoms with E-state index >= 15 is 0 Å². The lowest BCUT2D eigenvalue weighted by molar-refractivity contribution is -0.136. The molecule has 0 heterocycles. The molecule has 0 N–H and O–H groups in total. The summed E-state index contributed by atoms with van der Waals surface area (Å²) in [7, 11) is 0. The van der Waals surface area contributed by atoms with Crippen LogP contribution in [0, 0.1) is 11.3 Å². The molecule has 0 atom stereocenters. The molecule has 0 aromatic heterocycles. The SMILES string of the molecule is C=C(C(=O)OCC)c1ccccc1C#N. The molecule has 0 aliphatic rings. The Balaban J connectivity index is 3.02. The van der Waals surface area contributed by atoms with Gasteiger partial charge in [-0.1, -0.05) is 24.8 Å². The standard InChI is InChI=1S/C12H11NO2/c1-3-15-12(14)9(2)11-7-5-4-6-10(11)8-13/h4-7H,2-3H2,1H3. The predicted octanol–water partition coefficient (Wildman–Crippen LogP) is 2.13. The summed E-state index contributed by atoms with van der Waals surface area (Å²) in [6.45, 7) is 5.65. The highest BCUT2D eigenvalue weighted by Gasteiger charge is 2.13. The van der Waals surface area contributed by atoms with E-state index in [1.54, 1.807) is 31.2 Å². The van der Waals surface area contributed by atoms with Gasteiger partial charge in [-0.05, 0) is 13.0 Å². The molecule has 0 amide bonds. The molecule has 0 aliphatic heterocycles. The Morgan fingerprint density at radius 2 is 2.20 bits per heavy atom. The average Bonchev–Trinajstić information content (AvgIpc) is 2.28. The number of rotatable bonds is 3. The van der Waals surface area contributed by atoms with Crippen LogP contribution in [0.2, 0.25) is 0 Å². The van der Waals surface area contributed by atoms with E-state index in [1.165, 1.54) is 0 Å². The Kier molecular flexibility index (Phi) is 3.64. The summed E-state index contributed by atoms with van der Waals surface area (Å²) in [5.41, 5.74) is 1.17. The summed E-state index contributed by atoms with van der Waals surface area (Å²) in [6, 6.07) is 8.81. The van der Waals surface area contributed by atoms with E-state index in [0.29, 0.717) is 17.7 Å². The van der Waals surface area contributed by atoms with Crippen LogP contribution in [0.5, 0.6) is 0 Å². The second-order valence-electron chi connectivity index (χ2n) is 2.86. The van der Waals surface area contributed by atoms with Gasteiger partial charge in [0, 0.05) is 5.56 Å². The van der Waals surface area contributed by atoms with Crippen LogP contribution in [-0.2, 0) is 9.53 Å². The zero-order chi connectivity index (χ0) is 11.3. The Morgan fingerprint density at radius 1 is 1.53 bits per heavy atom. The third kappa shape index (κ3) is 2.44. The van der Waals surface area contributed by atoms with Crippen molar-refractivity contribution >= 4 is 11.5 Å². The number of benzene rings is 1. The fourth-order valence-electron chi connectivity index (χ4n) is 1.17. The molecule has 0 bridgehead atoms. The molecule has 15 heavy (non-hydrogen) atoms. The Labute approximate surface area is 88.6 Å². The topological polar surface area (TPSA) is 50.1 Å². The molecule has 76 valence electrons. The largest absolute Gasteiger partial charge is 0.462 e. The van der Waals surface area contributed by atoms with Crippen molar-refractivity contribution in [3.05, 3.63) is 42.0 Å². The number of hydrogen-bond donors (Lipinski definition) is 0. The molecule has 0 saturated heterocycles. The van der Waals surface area contributed by atoms with Crippen molar-refractivity contribution < 1.29 is 9.53 Å². The number of nitrogens with zero attached hydrogens (tertiary/aromatic N) is 1. The molecule has 1 aromatic carbocycles. The molecule has 1 aromatic rings. The van der Waals surface area contributed by atoms with Gasteiger partial charge in [-0.3, -0.25) is 0 Å². The van der Waals surface area contributed by atoms with Crippen LogP contribution in [0.1, 0.15) is 18.1 Å². The van der Waals surface area contributed by atoms with E-state index in [4.69, 9.17) is 10.00 Å². The summed E-state index contributed by atoms with van der Waals surface area (Å²) in [4.78, 5) is 11.4. The number of esters is 1. The van der Waals surface area contributed by atoms with Crippen LogP contribution in [0.15, 0.2) is 30.8 Å². The van der Waals surface area contributed by atoms with Crippen LogP contribution in [0.4, 0.5) is 0 Å². The third-order valence-corrected chi connectivity index (χ3v) is 1.89. The van der Waals surface area contributed by atoms with Crippen LogP contribution in [0.3, 0.4) is 0 Å². The number of carbonyl (C=O) groups is 1. The maximum atomic E-state index is 11.4. The zero-order valence-corrected chi connectivity index (χ0v) is 8.49. The first-order valence-corrected chi connectivity index (χ1v) is 4.56. The van der Waals surface area contributed by atoms with E-state index in [9.17, 15) is 4.79 Å². The van der Waals surface area contributed by atoms with E-state index in [0.717, 1.165) is 0 Å². The molecular formula is C12H11NO2. The second kappa shape index (κ2) is 4.97. The molecule has 0 fully saturated rings. The monoisotopic (exact) mass is 201 g/mol. The summed E-state index contributed by atoms with van der Waals surface area (Å²) >= 11 is 0. The van der Waals surface area contributed by atoms with Gasteiger partial charge in [0.15, 0.2) is 0 Å². The van der Waals surface area contributed by atoms with Crippen molar-refractivity contribution in [1.29, 1.82) is 5.26 Å². The molecule has 0 saturated carbocycles. The first kappa shape index (κ1) is 11.0. The van der Waals surface area contributed by atoms with Gasteiger partial charge in [-0.2, -0.15) is 5.26 Å². The highest BCUT2D eigenvalue weighted by atomic mass is 16.5. The second-order valence-corrected chi connectivity index (χ2v) is 2.86. The molecule has 0 unspecified atom stereocenters. The van der Waals surface area contributed by atoms with Gasteiger partial charge < -0.3 is 4.74 Å². The zero-order valence-electron chi connectivity index (χ0n) is 8.49. The minimum Gasteiger partial charge on any atom is -0.462 e. The van der Waals surface area contributed by atoms with Gasteiger partial charge in [0.1, 0.15) is 0 Å². The maximum Gasteiger partial charge on any atom is 0.338 e. The van der Waals surface area contributed by atoms with Crippen molar-refractivity contribution in [2.45, 2.75) is 6.92 Å². The Bertz CT molecular complexity index is 429. The minimum absolute atomic E-state index is 0.217. The summed E-state index contributed by atoms with van der Waals surface area (Å²) < 4.78 is 4.81. The van der Waals surface area contributed by atoms with Crippen molar-refractivity contribution in [3.63, 3.8) is 0 Å². The predicted molar refractivity (Wildman–Crippen MR) is 56.8 cm³/mol. The highest BCUT2D eigenvalue weighted by molar-refractivity contribution is 6.16. The van der Waals surface area contributed by atoms with Crippen LogP contribution >= 0.6 is 0 Å². The number of ether oxygens (including phenoxy) is 1. The summed E-state index contributed by atoms with van der Waals surface area (Å²) in [5.74, 6) is -0.486. The summed E-state index contributed by atoms with van der Waals surface area (Å²) in [5, 5.41) is 8.84. The molecular weight excluding hydrogens is 190 g/mol. The van der Waals surface area contributed by atoms with Gasteiger partial charge in [0.05, 0.1) is 23.8 Å². The Hall–Kier alpha value is -2.08. The van der Waals surface area contributed by atoms with Crippen molar-refractivity contribution in [3.8, 4) is 6.07 Å². The quantitative estimate of drug-likeness (QED) is 0.556. The fourth-order valence-corrected chi connectivity index (χ4v) is 1.17. The van der Waals surface area contributed by atoms with Crippen molar-refractivity contribution in [1.82, 2.24) is 0 Å². The van der Waals surface area contributed by atoms with Crippen molar-refractivity contribution in [2.75, 3.05) is 6.61 Å². The van der Waals surface area contributed by atoms with E-state index < -0.39 is 5.97 Å². The molecule has 1 rings (SSSR count). The first-order valence-electron chi connectivity index (χ1n) is 4.56. The minimum atomic E-state index is -0.486. The smallest absolute Gasteiger partial charge is 0.338 e. The molecule has 0 spiro atoms. The lowest BCUT2D eigenvalue weighted by Gasteiger charge is -2.06. The summed E-state index contributed by atoms with van der Waals surface area (Å²) in [6.07, 6.45) is 0. The van der Waals surface area contributed by atoms with Crippen molar-refractivity contribution in [2.24, 2.45) is 0 Å². The number of hydrogen-bond acceptors (Lipinski definition) is 3. The third-order valence-electron chi connectivity index (χ3n) is 1.89. The molecule has 3 nitrogen and oxygen atoms in total. The number of carbonyl (C=O) groups excluding carboxylic acids is 1. The maximum absolute atomic E-state index is 11.4. The lowest BCUT2D eigenvalue weighted by Crippen LogP contribution is -2.06. The van der Waals surface area contributed by atoms with E-state index in [1.807, 2.05) is 6.07 Å². The van der Waals surface area contributed by atoms with Crippen LogP contribution < -0.4 is 0 Å². The van der Waals surface area contributed by atoms with Gasteiger partial charge in [-0.15, -0.1) is 0 Å². The van der Waals surface area contributed by atoms with E-state index in [-0.39, 0.29) is 5.57 Å². The fraction of sp³-hybridized carbons (Fsp3) is 0.167. The first-order chi connectivity index (χ1) is 7.20. The highest BCUT2D eigenvalue weighted by Crippen LogP contribution is 2.18. The van der Waals surface area contributed by atoms with Crippen LogP contribution in [-0.4, -0.2) is 12.6 Å². The lowest BCUT2D eigenvalue weighted by atomic mass is 10.0. The number of nitriles is 1. The van der Waals surface area contributed by atoms with Gasteiger partial charge in [-0.25, -0.2) is 4.79 Å². The van der Waals surface area contributed by atoms with E-state index in [2.05, 4.69) is 6.58 Å². The van der Waals surface area contributed by atoms with Crippen LogP contribution in [0.25, 0.3) is 5.57 Å². The normalized spacial score (nSPS) is 9.07. The van der Waals surface area contributed by atoms with Gasteiger partial charge in [0.2, 0.25) is 0 Å². The van der Waals surface area contributed by atoms with Gasteiger partial charge in [0.25, 0.3) is 0 Å². The average molecular weight is 201 g/mol. The Morgan fingerprint density at radius 3 is 2.80 bits per heavy atom.